The average Bonchev–Trinajstić information content (AvgIpc) is 2.41. The van der Waals surface area contributed by atoms with E-state index in [4.69, 9.17) is 10.00 Å². The monoisotopic (exact) mass is 266 g/mol. The molecule has 0 aliphatic carbocycles. The van der Waals surface area contributed by atoms with Crippen LogP contribution in [0.2, 0.25) is 0 Å². The molecule has 1 amide bonds. The van der Waals surface area contributed by atoms with Crippen LogP contribution < -0.4 is 5.32 Å². The maximum atomic E-state index is 12.0. The standard InChI is InChI=1S/C13H22N4O2/c1-13(10-15-11-13)19-9-12(18)17-7-5-16(6-8-17)4-2-3-14/h15H,2,4-11H2,1H3. The van der Waals surface area contributed by atoms with Gasteiger partial charge in [0.2, 0.25) is 5.91 Å². The van der Waals surface area contributed by atoms with Crippen molar-refractivity contribution < 1.29 is 9.53 Å². The fraction of sp³-hybridized carbons (Fsp3) is 0.846. The molecule has 0 aromatic heterocycles. The molecule has 2 aliphatic heterocycles. The molecule has 106 valence electrons. The van der Waals surface area contributed by atoms with Gasteiger partial charge in [-0.2, -0.15) is 5.26 Å². The smallest absolute Gasteiger partial charge is 0.248 e. The zero-order chi connectivity index (χ0) is 13.7. The van der Waals surface area contributed by atoms with Crippen molar-refractivity contribution in [1.29, 1.82) is 5.26 Å². The Morgan fingerprint density at radius 3 is 2.58 bits per heavy atom. The van der Waals surface area contributed by atoms with Crippen molar-refractivity contribution in [2.75, 3.05) is 52.4 Å². The maximum Gasteiger partial charge on any atom is 0.248 e. The Morgan fingerprint density at radius 2 is 2.05 bits per heavy atom. The van der Waals surface area contributed by atoms with Crippen LogP contribution in [0, 0.1) is 11.3 Å². The minimum atomic E-state index is -0.162. The van der Waals surface area contributed by atoms with Gasteiger partial charge in [0, 0.05) is 52.2 Å². The molecular formula is C13H22N4O2. The van der Waals surface area contributed by atoms with Gasteiger partial charge in [0.25, 0.3) is 0 Å². The fourth-order valence-electron chi connectivity index (χ4n) is 2.34. The van der Waals surface area contributed by atoms with Crippen molar-refractivity contribution in [1.82, 2.24) is 15.1 Å². The summed E-state index contributed by atoms with van der Waals surface area (Å²) in [4.78, 5) is 16.1. The van der Waals surface area contributed by atoms with Crippen LogP contribution in [-0.2, 0) is 9.53 Å². The normalized spacial score (nSPS) is 22.6. The van der Waals surface area contributed by atoms with Crippen LogP contribution in [0.25, 0.3) is 0 Å². The number of hydrogen-bond acceptors (Lipinski definition) is 5. The molecule has 0 spiro atoms. The Hall–Kier alpha value is -1.16. The van der Waals surface area contributed by atoms with Crippen LogP contribution in [0.15, 0.2) is 0 Å². The summed E-state index contributed by atoms with van der Waals surface area (Å²) in [7, 11) is 0. The summed E-state index contributed by atoms with van der Waals surface area (Å²) in [6, 6.07) is 2.15. The number of nitriles is 1. The predicted molar refractivity (Wildman–Crippen MR) is 70.5 cm³/mol. The van der Waals surface area contributed by atoms with Crippen LogP contribution in [0.5, 0.6) is 0 Å². The van der Waals surface area contributed by atoms with E-state index in [0.29, 0.717) is 6.42 Å². The number of piperazine rings is 1. The first-order valence-corrected chi connectivity index (χ1v) is 6.85. The Kier molecular flexibility index (Phi) is 4.75. The Bertz CT molecular complexity index is 354. The van der Waals surface area contributed by atoms with Gasteiger partial charge in [-0.3, -0.25) is 9.69 Å². The second kappa shape index (κ2) is 6.33. The molecule has 1 N–H and O–H groups in total. The van der Waals surface area contributed by atoms with Gasteiger partial charge in [-0.05, 0) is 6.92 Å². The Labute approximate surface area is 114 Å². The quantitative estimate of drug-likeness (QED) is 0.721. The van der Waals surface area contributed by atoms with Gasteiger partial charge in [0.05, 0.1) is 11.7 Å². The molecule has 2 aliphatic rings. The maximum absolute atomic E-state index is 12.0. The van der Waals surface area contributed by atoms with Crippen LogP contribution in [0.1, 0.15) is 13.3 Å². The van der Waals surface area contributed by atoms with Crippen molar-refractivity contribution in [3.63, 3.8) is 0 Å². The summed E-state index contributed by atoms with van der Waals surface area (Å²) in [6.07, 6.45) is 0.558. The first-order chi connectivity index (χ1) is 9.13. The van der Waals surface area contributed by atoms with Crippen molar-refractivity contribution >= 4 is 5.91 Å². The molecule has 6 nitrogen and oxygen atoms in total. The van der Waals surface area contributed by atoms with Crippen molar-refractivity contribution in [3.8, 4) is 6.07 Å². The topological polar surface area (TPSA) is 68.6 Å². The highest BCUT2D eigenvalue weighted by Gasteiger charge is 2.33. The highest BCUT2D eigenvalue weighted by Crippen LogP contribution is 2.15. The van der Waals surface area contributed by atoms with E-state index in [2.05, 4.69) is 16.3 Å². The van der Waals surface area contributed by atoms with Gasteiger partial charge < -0.3 is 15.0 Å². The molecule has 2 saturated heterocycles. The molecule has 0 aromatic rings. The number of hydrogen-bond donors (Lipinski definition) is 1. The highest BCUT2D eigenvalue weighted by atomic mass is 16.5. The first-order valence-electron chi connectivity index (χ1n) is 6.85. The van der Waals surface area contributed by atoms with Gasteiger partial charge in [0.1, 0.15) is 6.61 Å². The average molecular weight is 266 g/mol. The zero-order valence-corrected chi connectivity index (χ0v) is 11.5. The lowest BCUT2D eigenvalue weighted by Gasteiger charge is -2.40. The van der Waals surface area contributed by atoms with Gasteiger partial charge >= 0.3 is 0 Å². The number of carbonyl (C=O) groups excluding carboxylic acids is 1. The number of ether oxygens (including phenoxy) is 1. The third-order valence-corrected chi connectivity index (χ3v) is 3.81. The van der Waals surface area contributed by atoms with Gasteiger partial charge in [-0.1, -0.05) is 0 Å². The predicted octanol–water partition coefficient (Wildman–Crippen LogP) is -0.577. The second-order valence-corrected chi connectivity index (χ2v) is 5.47. The molecule has 0 unspecified atom stereocenters. The van der Waals surface area contributed by atoms with Crippen LogP contribution in [-0.4, -0.2) is 73.7 Å². The van der Waals surface area contributed by atoms with Gasteiger partial charge in [0.15, 0.2) is 0 Å². The van der Waals surface area contributed by atoms with Gasteiger partial charge in [-0.15, -0.1) is 0 Å². The SMILES string of the molecule is CC1(OCC(=O)N2CCN(CCC#N)CC2)CNC1. The summed E-state index contributed by atoms with van der Waals surface area (Å²) >= 11 is 0. The number of nitrogens with zero attached hydrogens (tertiary/aromatic N) is 3. The lowest BCUT2D eigenvalue weighted by atomic mass is 10.0. The van der Waals surface area contributed by atoms with E-state index in [0.717, 1.165) is 45.8 Å². The summed E-state index contributed by atoms with van der Waals surface area (Å²) < 4.78 is 5.66. The van der Waals surface area contributed by atoms with E-state index < -0.39 is 0 Å². The zero-order valence-electron chi connectivity index (χ0n) is 11.5. The minimum Gasteiger partial charge on any atom is -0.363 e. The molecule has 2 rings (SSSR count). The lowest BCUT2D eigenvalue weighted by molar-refractivity contribution is -0.147. The third-order valence-electron chi connectivity index (χ3n) is 3.81. The molecule has 0 aromatic carbocycles. The van der Waals surface area contributed by atoms with E-state index in [1.807, 2.05) is 11.8 Å². The summed E-state index contributed by atoms with van der Waals surface area (Å²) in [5.74, 6) is 0.0769. The number of carbonyl (C=O) groups is 1. The lowest BCUT2D eigenvalue weighted by Crippen LogP contribution is -2.60. The van der Waals surface area contributed by atoms with E-state index in [-0.39, 0.29) is 18.1 Å². The fourth-order valence-corrected chi connectivity index (χ4v) is 2.34. The first kappa shape index (κ1) is 14.3. The number of nitrogens with one attached hydrogen (secondary N) is 1. The van der Waals surface area contributed by atoms with E-state index in [1.165, 1.54) is 0 Å². The van der Waals surface area contributed by atoms with Crippen LogP contribution >= 0.6 is 0 Å². The molecule has 2 heterocycles. The minimum absolute atomic E-state index is 0.0769. The van der Waals surface area contributed by atoms with Crippen LogP contribution in [0.4, 0.5) is 0 Å². The summed E-state index contributed by atoms with van der Waals surface area (Å²) in [5, 5.41) is 11.7. The third kappa shape index (κ3) is 3.90. The molecule has 2 fully saturated rings. The molecule has 0 atom stereocenters. The highest BCUT2D eigenvalue weighted by molar-refractivity contribution is 5.77. The molecule has 19 heavy (non-hydrogen) atoms. The molecule has 0 saturated carbocycles. The van der Waals surface area contributed by atoms with Crippen LogP contribution in [0.3, 0.4) is 0 Å². The van der Waals surface area contributed by atoms with Crippen molar-refractivity contribution in [3.05, 3.63) is 0 Å². The van der Waals surface area contributed by atoms with Crippen molar-refractivity contribution in [2.45, 2.75) is 18.9 Å². The molecular weight excluding hydrogens is 244 g/mol. The van der Waals surface area contributed by atoms with Crippen molar-refractivity contribution in [2.24, 2.45) is 0 Å². The van der Waals surface area contributed by atoms with Gasteiger partial charge in [-0.25, -0.2) is 0 Å². The van der Waals surface area contributed by atoms with E-state index >= 15 is 0 Å². The second-order valence-electron chi connectivity index (χ2n) is 5.47. The summed E-state index contributed by atoms with van der Waals surface area (Å²) in [6.45, 7) is 7.83. The largest absolute Gasteiger partial charge is 0.363 e. The van der Waals surface area contributed by atoms with E-state index in [1.54, 1.807) is 0 Å². The Morgan fingerprint density at radius 1 is 1.37 bits per heavy atom. The molecule has 0 radical (unpaired) electrons. The number of amides is 1. The van der Waals surface area contributed by atoms with E-state index in [9.17, 15) is 4.79 Å². The molecule has 0 bridgehead atoms. The summed E-state index contributed by atoms with van der Waals surface area (Å²) in [5.41, 5.74) is -0.162. The number of rotatable bonds is 5. The molecule has 6 heteroatoms. The Balaban J connectivity index is 1.66.